The van der Waals surface area contributed by atoms with Crippen molar-refractivity contribution >= 4 is 47.6 Å². The van der Waals surface area contributed by atoms with E-state index < -0.39 is 8.11 Å². The Labute approximate surface area is 95.1 Å². The molecule has 0 saturated heterocycles. The maximum atomic E-state index is 6.13. The Hall–Kier alpha value is 0.307. The van der Waals surface area contributed by atoms with Crippen molar-refractivity contribution < 1.29 is 0 Å². The van der Waals surface area contributed by atoms with Gasteiger partial charge in [-0.25, -0.2) is 0 Å². The van der Waals surface area contributed by atoms with Crippen molar-refractivity contribution in [2.75, 3.05) is 0 Å². The minimum Gasteiger partial charge on any atom is -0.166 e. The first-order valence-electron chi connectivity index (χ1n) is 4.04. The molecule has 0 aromatic heterocycles. The second-order valence-corrected chi connectivity index (χ2v) is 7.73. The first-order valence-corrected chi connectivity index (χ1v) is 8.27. The summed E-state index contributed by atoms with van der Waals surface area (Å²) in [5.41, 5.74) is 2.02. The van der Waals surface area contributed by atoms with Crippen LogP contribution in [0.15, 0.2) is 6.07 Å². The van der Waals surface area contributed by atoms with E-state index in [1.165, 1.54) is 0 Å². The van der Waals surface area contributed by atoms with Crippen LogP contribution >= 0.6 is 34.3 Å². The molecule has 13 heavy (non-hydrogen) atoms. The first kappa shape index (κ1) is 11.4. The Morgan fingerprint density at radius 2 is 1.69 bits per heavy atom. The van der Waals surface area contributed by atoms with Crippen molar-refractivity contribution in [3.05, 3.63) is 27.2 Å². The van der Waals surface area contributed by atoms with E-state index in [0.717, 1.165) is 21.3 Å². The van der Waals surface area contributed by atoms with E-state index in [2.05, 4.69) is 0 Å². The lowest BCUT2D eigenvalue weighted by atomic mass is 10.1. The predicted octanol–water partition coefficient (Wildman–Crippen LogP) is 3.41. The van der Waals surface area contributed by atoms with E-state index in [1.807, 2.05) is 26.5 Å². The first-order chi connectivity index (χ1) is 5.95. The van der Waals surface area contributed by atoms with Crippen LogP contribution in [0.2, 0.25) is 16.6 Å². The molecular weight excluding hydrogens is 243 g/mol. The van der Waals surface area contributed by atoms with E-state index in [-0.39, 0.29) is 0 Å². The molecule has 0 nitrogen and oxygen atoms in total. The van der Waals surface area contributed by atoms with Gasteiger partial charge in [0, 0.05) is 10.0 Å². The fourth-order valence-corrected chi connectivity index (χ4v) is 3.76. The summed E-state index contributed by atoms with van der Waals surface area (Å²) in [5.74, 6) is 0. The summed E-state index contributed by atoms with van der Waals surface area (Å²) in [6, 6.07) is 1.95. The third-order valence-electron chi connectivity index (χ3n) is 2.16. The fraction of sp³-hybridized carbons (Fsp3) is 0.333. The Morgan fingerprint density at radius 1 is 1.15 bits per heavy atom. The van der Waals surface area contributed by atoms with Crippen LogP contribution in [0, 0.1) is 13.8 Å². The van der Waals surface area contributed by atoms with Gasteiger partial charge in [0.2, 0.25) is 0 Å². The minimum absolute atomic E-state index is 0.714. The van der Waals surface area contributed by atoms with Crippen LogP contribution in [0.25, 0.3) is 0 Å². The summed E-state index contributed by atoms with van der Waals surface area (Å²) >= 11 is 18.3. The largest absolute Gasteiger partial charge is 0.168 e. The molecule has 4 heteroatoms. The van der Waals surface area contributed by atoms with Gasteiger partial charge >= 0.3 is 0 Å². The average molecular weight is 254 g/mol. The molecule has 0 bridgehead atoms. The van der Waals surface area contributed by atoms with E-state index in [0.29, 0.717) is 5.02 Å². The lowest BCUT2D eigenvalue weighted by Crippen LogP contribution is -2.24. The van der Waals surface area contributed by atoms with Gasteiger partial charge in [-0.3, -0.25) is 0 Å². The van der Waals surface area contributed by atoms with Gasteiger partial charge < -0.3 is 0 Å². The summed E-state index contributed by atoms with van der Waals surface area (Å²) < 4.78 is 0. The van der Waals surface area contributed by atoms with Crippen LogP contribution in [0.1, 0.15) is 11.1 Å². The van der Waals surface area contributed by atoms with Crippen molar-refractivity contribution in [1.82, 2.24) is 0 Å². The van der Waals surface area contributed by atoms with Gasteiger partial charge in [-0.2, -0.15) is 11.1 Å². The third kappa shape index (κ3) is 2.21. The topological polar surface area (TPSA) is 0 Å². The molecule has 1 aromatic rings. The van der Waals surface area contributed by atoms with Crippen molar-refractivity contribution in [2.24, 2.45) is 0 Å². The molecule has 0 amide bonds. The molecule has 1 aromatic carbocycles. The summed E-state index contributed by atoms with van der Waals surface area (Å²) in [6.07, 6.45) is 0. The lowest BCUT2D eigenvalue weighted by Gasteiger charge is -2.12. The Bertz CT molecular complexity index is 334. The molecule has 0 aliphatic rings. The smallest absolute Gasteiger partial charge is 0.166 e. The zero-order chi connectivity index (χ0) is 10.2. The summed E-state index contributed by atoms with van der Waals surface area (Å²) in [6.45, 7) is 5.96. The Morgan fingerprint density at radius 3 is 2.15 bits per heavy atom. The molecule has 0 aliphatic heterocycles. The highest BCUT2D eigenvalue weighted by atomic mass is 35.6. The van der Waals surface area contributed by atoms with Crippen molar-refractivity contribution in [1.29, 1.82) is 0 Å². The second kappa shape index (κ2) is 4.22. The molecule has 0 spiro atoms. The zero-order valence-corrected chi connectivity index (χ0v) is 11.2. The molecule has 1 atom stereocenters. The minimum atomic E-state index is -1.34. The van der Waals surface area contributed by atoms with Crippen LogP contribution in [-0.2, 0) is 0 Å². The van der Waals surface area contributed by atoms with Crippen molar-refractivity contribution in [3.63, 3.8) is 0 Å². The van der Waals surface area contributed by atoms with Crippen molar-refractivity contribution in [3.8, 4) is 0 Å². The molecule has 1 rings (SSSR count). The molecule has 1 unspecified atom stereocenters. The van der Waals surface area contributed by atoms with Gasteiger partial charge in [-0.15, -0.1) is 0 Å². The highest BCUT2D eigenvalue weighted by Gasteiger charge is 2.13. The number of hydrogen-bond donors (Lipinski definition) is 0. The van der Waals surface area contributed by atoms with Crippen molar-refractivity contribution in [2.45, 2.75) is 20.4 Å². The SMILES string of the molecule is Cc1c(Cl)cc([SiH](C)Cl)c(C)c1Cl. The quantitative estimate of drug-likeness (QED) is 0.531. The van der Waals surface area contributed by atoms with E-state index in [1.54, 1.807) is 0 Å². The summed E-state index contributed by atoms with van der Waals surface area (Å²) in [7, 11) is -1.34. The van der Waals surface area contributed by atoms with Crippen LogP contribution in [0.5, 0.6) is 0 Å². The van der Waals surface area contributed by atoms with Gasteiger partial charge in [0.25, 0.3) is 0 Å². The average Bonchev–Trinajstić information content (AvgIpc) is 2.07. The molecule has 0 heterocycles. The Kier molecular flexibility index (Phi) is 3.70. The summed E-state index contributed by atoms with van der Waals surface area (Å²) in [5, 5.41) is 2.61. The molecule has 0 aliphatic carbocycles. The number of benzene rings is 1. The monoisotopic (exact) mass is 252 g/mol. The van der Waals surface area contributed by atoms with Gasteiger partial charge in [0.05, 0.1) is 0 Å². The standard InChI is InChI=1S/C9H11Cl3Si/c1-5-7(10)4-8(13(3)12)6(2)9(5)11/h4,13H,1-3H3. The molecule has 0 fully saturated rings. The molecule has 0 saturated carbocycles. The number of rotatable bonds is 1. The number of hydrogen-bond acceptors (Lipinski definition) is 0. The van der Waals surface area contributed by atoms with Gasteiger partial charge in [-0.05, 0) is 36.2 Å². The molecule has 72 valence electrons. The van der Waals surface area contributed by atoms with Gasteiger partial charge in [0.1, 0.15) is 0 Å². The van der Waals surface area contributed by atoms with E-state index >= 15 is 0 Å². The fourth-order valence-electron chi connectivity index (χ4n) is 1.28. The lowest BCUT2D eigenvalue weighted by molar-refractivity contribution is 1.41. The normalized spacial score (nSPS) is 13.1. The Balaban J connectivity index is 3.41. The van der Waals surface area contributed by atoms with Crippen LogP contribution in [-0.4, -0.2) is 8.11 Å². The van der Waals surface area contributed by atoms with Crippen LogP contribution in [0.3, 0.4) is 0 Å². The van der Waals surface area contributed by atoms with E-state index in [9.17, 15) is 0 Å². The zero-order valence-electron chi connectivity index (χ0n) is 7.79. The highest BCUT2D eigenvalue weighted by Crippen LogP contribution is 2.26. The van der Waals surface area contributed by atoms with Crippen LogP contribution < -0.4 is 5.19 Å². The second-order valence-electron chi connectivity index (χ2n) is 3.13. The highest BCUT2D eigenvalue weighted by molar-refractivity contribution is 7.13. The van der Waals surface area contributed by atoms with E-state index in [4.69, 9.17) is 34.3 Å². The maximum Gasteiger partial charge on any atom is 0.168 e. The summed E-state index contributed by atoms with van der Waals surface area (Å²) in [4.78, 5) is 0. The molecule has 0 radical (unpaired) electrons. The molecule has 0 N–H and O–H groups in total. The molecular formula is C9H11Cl3Si. The maximum absolute atomic E-state index is 6.13. The van der Waals surface area contributed by atoms with Crippen LogP contribution in [0.4, 0.5) is 0 Å². The third-order valence-corrected chi connectivity index (χ3v) is 5.28. The predicted molar refractivity (Wildman–Crippen MR) is 64.4 cm³/mol. The van der Waals surface area contributed by atoms with Gasteiger partial charge in [-0.1, -0.05) is 29.7 Å². The van der Waals surface area contributed by atoms with Gasteiger partial charge in [0.15, 0.2) is 8.11 Å². The number of halogens is 3.